The highest BCUT2D eigenvalue weighted by Gasteiger charge is 2.33. The van der Waals surface area contributed by atoms with Crippen molar-refractivity contribution in [3.8, 4) is 0 Å². The van der Waals surface area contributed by atoms with E-state index in [-0.39, 0.29) is 11.9 Å². The van der Waals surface area contributed by atoms with Crippen molar-refractivity contribution in [1.29, 1.82) is 0 Å². The van der Waals surface area contributed by atoms with Crippen LogP contribution in [0.25, 0.3) is 0 Å². The van der Waals surface area contributed by atoms with Crippen LogP contribution in [0.2, 0.25) is 5.02 Å². The molecular formula is C16H21ClN2O2. The summed E-state index contributed by atoms with van der Waals surface area (Å²) in [6.45, 7) is 5.84. The van der Waals surface area contributed by atoms with Crippen LogP contribution in [0.5, 0.6) is 0 Å². The summed E-state index contributed by atoms with van der Waals surface area (Å²) >= 11 is 6.15. The normalized spacial score (nSPS) is 26.5. The topological polar surface area (TPSA) is 32.8 Å². The van der Waals surface area contributed by atoms with E-state index in [4.69, 9.17) is 16.3 Å². The average Bonchev–Trinajstić information content (AvgIpc) is 2.69. The Kier molecular flexibility index (Phi) is 4.20. The zero-order valence-electron chi connectivity index (χ0n) is 12.5. The predicted molar refractivity (Wildman–Crippen MR) is 82.8 cm³/mol. The average molecular weight is 309 g/mol. The molecule has 4 nitrogen and oxygen atoms in total. The highest BCUT2D eigenvalue weighted by Crippen LogP contribution is 2.22. The third-order valence-corrected chi connectivity index (χ3v) is 4.86. The number of rotatable bonds is 1. The number of aryl methyl sites for hydroxylation is 1. The number of nitrogens with zero attached hydrogens (tertiary/aromatic N) is 2. The minimum atomic E-state index is 0.0732. The van der Waals surface area contributed by atoms with Gasteiger partial charge in [-0.25, -0.2) is 0 Å². The molecule has 2 aliphatic heterocycles. The monoisotopic (exact) mass is 308 g/mol. The molecule has 114 valence electrons. The largest absolute Gasteiger partial charge is 0.379 e. The minimum Gasteiger partial charge on any atom is -0.379 e. The smallest absolute Gasteiger partial charge is 0.253 e. The molecule has 2 aliphatic rings. The summed E-state index contributed by atoms with van der Waals surface area (Å²) in [5.41, 5.74) is 1.67. The molecule has 0 spiro atoms. The lowest BCUT2D eigenvalue weighted by atomic mass is 10.1. The Morgan fingerprint density at radius 1 is 1.29 bits per heavy atom. The highest BCUT2D eigenvalue weighted by atomic mass is 35.5. The number of carbonyl (C=O) groups is 1. The summed E-state index contributed by atoms with van der Waals surface area (Å²) in [5, 5.41) is 0.649. The third-order valence-electron chi connectivity index (χ3n) is 4.45. The molecule has 21 heavy (non-hydrogen) atoms. The first-order valence-electron chi connectivity index (χ1n) is 7.38. The maximum Gasteiger partial charge on any atom is 0.253 e. The number of benzene rings is 1. The molecule has 3 rings (SSSR count). The van der Waals surface area contributed by atoms with Crippen LogP contribution < -0.4 is 0 Å². The minimum absolute atomic E-state index is 0.0732. The van der Waals surface area contributed by atoms with Crippen molar-refractivity contribution in [1.82, 2.24) is 9.80 Å². The standard InChI is InChI=1S/C16H21ClN2O2/c1-11-3-4-13(5-15(11)17)16(20)19-7-12-6-18(2)14(8-19)10-21-9-12/h3-5,12,14H,6-10H2,1-2H3/t12-,14+/m1/s1. The quantitative estimate of drug-likeness (QED) is 0.796. The van der Waals surface area contributed by atoms with Gasteiger partial charge in [-0.05, 0) is 31.7 Å². The molecule has 2 fully saturated rings. The van der Waals surface area contributed by atoms with Gasteiger partial charge < -0.3 is 9.64 Å². The van der Waals surface area contributed by atoms with Crippen molar-refractivity contribution in [3.63, 3.8) is 0 Å². The molecule has 2 atom stereocenters. The Bertz CT molecular complexity index is 549. The van der Waals surface area contributed by atoms with E-state index in [0.29, 0.717) is 23.1 Å². The van der Waals surface area contributed by atoms with E-state index in [1.165, 1.54) is 0 Å². The molecule has 0 saturated carbocycles. The summed E-state index contributed by atoms with van der Waals surface area (Å²) in [7, 11) is 2.11. The molecule has 1 aromatic carbocycles. The highest BCUT2D eigenvalue weighted by molar-refractivity contribution is 6.31. The van der Waals surface area contributed by atoms with E-state index in [1.54, 1.807) is 6.07 Å². The molecule has 2 saturated heterocycles. The molecule has 0 aromatic heterocycles. The molecule has 0 unspecified atom stereocenters. The van der Waals surface area contributed by atoms with Gasteiger partial charge in [0.15, 0.2) is 0 Å². The number of hydrogen-bond donors (Lipinski definition) is 0. The van der Waals surface area contributed by atoms with Crippen LogP contribution >= 0.6 is 11.6 Å². The first-order valence-corrected chi connectivity index (χ1v) is 7.76. The Morgan fingerprint density at radius 2 is 2.10 bits per heavy atom. The van der Waals surface area contributed by atoms with Gasteiger partial charge in [0.05, 0.1) is 19.3 Å². The van der Waals surface area contributed by atoms with E-state index in [0.717, 1.165) is 31.8 Å². The number of carbonyl (C=O) groups excluding carboxylic acids is 1. The second-order valence-electron chi connectivity index (χ2n) is 6.17. The number of amides is 1. The maximum absolute atomic E-state index is 12.8. The van der Waals surface area contributed by atoms with E-state index < -0.39 is 0 Å². The van der Waals surface area contributed by atoms with E-state index in [2.05, 4.69) is 11.9 Å². The SMILES string of the molecule is Cc1ccc(C(=O)N2C[C@@H]3COC[C@H](C2)N(C)C3)cc1Cl. The number of fused-ring (bicyclic) bond motifs is 3. The lowest BCUT2D eigenvalue weighted by molar-refractivity contribution is 0.0434. The van der Waals surface area contributed by atoms with Gasteiger partial charge in [-0.15, -0.1) is 0 Å². The Hall–Kier alpha value is -1.10. The van der Waals surface area contributed by atoms with Crippen molar-refractivity contribution in [2.24, 2.45) is 5.92 Å². The Morgan fingerprint density at radius 3 is 2.86 bits per heavy atom. The van der Waals surface area contributed by atoms with Crippen LogP contribution in [-0.4, -0.2) is 61.6 Å². The predicted octanol–water partition coefficient (Wildman–Crippen LogP) is 2.05. The van der Waals surface area contributed by atoms with Gasteiger partial charge in [0.25, 0.3) is 5.91 Å². The Labute approximate surface area is 130 Å². The van der Waals surface area contributed by atoms with Crippen molar-refractivity contribution < 1.29 is 9.53 Å². The molecule has 1 amide bonds. The van der Waals surface area contributed by atoms with Crippen molar-refractivity contribution in [2.45, 2.75) is 13.0 Å². The first-order chi connectivity index (χ1) is 10.0. The van der Waals surface area contributed by atoms with E-state index in [9.17, 15) is 4.79 Å². The maximum atomic E-state index is 12.8. The lowest BCUT2D eigenvalue weighted by Crippen LogP contribution is -2.44. The van der Waals surface area contributed by atoms with Crippen molar-refractivity contribution >= 4 is 17.5 Å². The van der Waals surface area contributed by atoms with Crippen LogP contribution in [-0.2, 0) is 4.74 Å². The number of likely N-dealkylation sites (N-methyl/N-ethyl adjacent to an activating group) is 1. The zero-order chi connectivity index (χ0) is 15.0. The zero-order valence-corrected chi connectivity index (χ0v) is 13.3. The van der Waals surface area contributed by atoms with Crippen molar-refractivity contribution in [3.05, 3.63) is 34.3 Å². The summed E-state index contributed by atoms with van der Waals surface area (Å²) < 4.78 is 5.70. The van der Waals surface area contributed by atoms with Gasteiger partial charge in [-0.3, -0.25) is 9.69 Å². The Balaban J connectivity index is 1.82. The van der Waals surface area contributed by atoms with Crippen LogP contribution in [0.3, 0.4) is 0 Å². The summed E-state index contributed by atoms with van der Waals surface area (Å²) in [6.07, 6.45) is 0. The molecule has 0 N–H and O–H groups in total. The lowest BCUT2D eigenvalue weighted by Gasteiger charge is -2.30. The first kappa shape index (κ1) is 14.8. The number of ether oxygens (including phenoxy) is 1. The van der Waals surface area contributed by atoms with Gasteiger partial charge in [0.2, 0.25) is 0 Å². The molecule has 5 heteroatoms. The summed E-state index contributed by atoms with van der Waals surface area (Å²) in [6, 6.07) is 5.83. The van der Waals surface area contributed by atoms with E-state index >= 15 is 0 Å². The summed E-state index contributed by atoms with van der Waals surface area (Å²) in [5.74, 6) is 0.455. The number of halogens is 1. The molecule has 2 bridgehead atoms. The van der Waals surface area contributed by atoms with Crippen molar-refractivity contribution in [2.75, 3.05) is 39.9 Å². The fraction of sp³-hybridized carbons (Fsp3) is 0.562. The van der Waals surface area contributed by atoms with Gasteiger partial charge in [0, 0.05) is 36.1 Å². The van der Waals surface area contributed by atoms with Crippen LogP contribution in [0.1, 0.15) is 15.9 Å². The second kappa shape index (κ2) is 5.95. The van der Waals surface area contributed by atoms with Gasteiger partial charge in [0.1, 0.15) is 0 Å². The van der Waals surface area contributed by atoms with Crippen LogP contribution in [0.4, 0.5) is 0 Å². The fourth-order valence-electron chi connectivity index (χ4n) is 3.12. The molecule has 1 aromatic rings. The van der Waals surface area contributed by atoms with Gasteiger partial charge in [-0.2, -0.15) is 0 Å². The van der Waals surface area contributed by atoms with E-state index in [1.807, 2.05) is 24.0 Å². The molecule has 0 radical (unpaired) electrons. The fourth-order valence-corrected chi connectivity index (χ4v) is 3.30. The summed E-state index contributed by atoms with van der Waals surface area (Å²) in [4.78, 5) is 17.0. The molecule has 2 heterocycles. The number of hydrogen-bond acceptors (Lipinski definition) is 3. The van der Waals surface area contributed by atoms with Crippen LogP contribution in [0, 0.1) is 12.8 Å². The second-order valence-corrected chi connectivity index (χ2v) is 6.58. The van der Waals surface area contributed by atoms with Crippen LogP contribution in [0.15, 0.2) is 18.2 Å². The van der Waals surface area contributed by atoms with Gasteiger partial charge in [-0.1, -0.05) is 17.7 Å². The molecule has 0 aliphatic carbocycles. The third kappa shape index (κ3) is 3.07. The molecular weight excluding hydrogens is 288 g/mol. The van der Waals surface area contributed by atoms with Gasteiger partial charge >= 0.3 is 0 Å².